The molecule has 0 aliphatic carbocycles. The monoisotopic (exact) mass is 310 g/mol. The van der Waals surface area contributed by atoms with E-state index in [0.29, 0.717) is 0 Å². The summed E-state index contributed by atoms with van der Waals surface area (Å²) in [6.07, 6.45) is 0. The molecule has 7 nitrogen and oxygen atoms in total. The van der Waals surface area contributed by atoms with Crippen LogP contribution < -0.4 is 0 Å². The Morgan fingerprint density at radius 1 is 1.07 bits per heavy atom. The molecule has 0 saturated heterocycles. The van der Waals surface area contributed by atoms with Gasteiger partial charge in [0, 0.05) is 0 Å². The molecule has 0 radical (unpaired) electrons. The van der Waals surface area contributed by atoms with Crippen LogP contribution in [0.3, 0.4) is 0 Å². The molecule has 0 aromatic carbocycles. The van der Waals surface area contributed by atoms with E-state index in [4.69, 9.17) is 19.6 Å². The number of hydrogen-bond donors (Lipinski definition) is 5. The zero-order chi connectivity index (χ0) is 11.8. The van der Waals surface area contributed by atoms with Gasteiger partial charge in [-0.3, -0.25) is 0 Å². The molecular weight excluding hydrogens is 297 g/mol. The van der Waals surface area contributed by atoms with E-state index in [9.17, 15) is 14.2 Å². The summed E-state index contributed by atoms with van der Waals surface area (Å²) in [7, 11) is -10.5. The van der Waals surface area contributed by atoms with Gasteiger partial charge in [-0.2, -0.15) is 0 Å². The SMILES string of the molecule is C[As](C)CC(O)(P(=O)(O)O)P(=O)(O)O. The maximum absolute atomic E-state index is 10.8. The zero-order valence-electron chi connectivity index (χ0n) is 7.60. The molecule has 0 aliphatic heterocycles. The van der Waals surface area contributed by atoms with E-state index >= 15 is 0 Å². The van der Waals surface area contributed by atoms with Gasteiger partial charge in [0.1, 0.15) is 0 Å². The van der Waals surface area contributed by atoms with Crippen LogP contribution in [-0.2, 0) is 9.13 Å². The van der Waals surface area contributed by atoms with E-state index < -0.39 is 40.1 Å². The van der Waals surface area contributed by atoms with Crippen LogP contribution in [0, 0.1) is 0 Å². The predicted molar refractivity (Wildman–Crippen MR) is 51.3 cm³/mol. The normalized spacial score (nSPS) is 14.9. The molecule has 0 bridgehead atoms. The first-order chi connectivity index (χ1) is 5.92. The Hall–Kier alpha value is 0.818. The summed E-state index contributed by atoms with van der Waals surface area (Å²) in [4.78, 5) is 34.9. The Kier molecular flexibility index (Phi) is 4.62. The molecule has 86 valence electrons. The summed E-state index contributed by atoms with van der Waals surface area (Å²) in [5, 5.41) is 5.64. The van der Waals surface area contributed by atoms with Crippen LogP contribution in [0.2, 0.25) is 16.6 Å². The number of aliphatic hydroxyl groups is 1. The van der Waals surface area contributed by atoms with Gasteiger partial charge in [-0.15, -0.1) is 0 Å². The molecule has 0 heterocycles. The molecule has 0 atom stereocenters. The Morgan fingerprint density at radius 2 is 1.36 bits per heavy atom. The predicted octanol–water partition coefficient (Wildman–Crippen LogP) is -0.258. The Labute approximate surface area is 85.7 Å². The van der Waals surface area contributed by atoms with Gasteiger partial charge in [-0.05, 0) is 0 Å². The van der Waals surface area contributed by atoms with E-state index in [1.807, 2.05) is 0 Å². The minimum absolute atomic E-state index is 0.519. The Bertz CT molecular complexity index is 268. The summed E-state index contributed by atoms with van der Waals surface area (Å²) in [5.41, 5.74) is 3.26. The Morgan fingerprint density at radius 3 is 1.43 bits per heavy atom. The fraction of sp³-hybridized carbons (Fsp3) is 1.00. The van der Waals surface area contributed by atoms with Gasteiger partial charge >= 0.3 is 85.4 Å². The van der Waals surface area contributed by atoms with Crippen LogP contribution in [0.4, 0.5) is 0 Å². The molecule has 10 heteroatoms. The van der Waals surface area contributed by atoms with Gasteiger partial charge < -0.3 is 0 Å². The molecule has 0 fully saturated rings. The van der Waals surface area contributed by atoms with Gasteiger partial charge in [-0.1, -0.05) is 0 Å². The van der Waals surface area contributed by atoms with E-state index in [1.54, 1.807) is 11.4 Å². The van der Waals surface area contributed by atoms with E-state index in [1.165, 1.54) is 0 Å². The summed E-state index contributed by atoms with van der Waals surface area (Å²) in [6.45, 7) is 0. The van der Waals surface area contributed by atoms with Crippen molar-refractivity contribution >= 4 is 29.8 Å². The quantitative estimate of drug-likeness (QED) is 0.356. The van der Waals surface area contributed by atoms with Crippen LogP contribution in [0.15, 0.2) is 0 Å². The van der Waals surface area contributed by atoms with Gasteiger partial charge in [0.15, 0.2) is 0 Å². The van der Waals surface area contributed by atoms with Crippen molar-refractivity contribution in [3.05, 3.63) is 0 Å². The molecule has 0 spiro atoms. The third-order valence-corrected chi connectivity index (χ3v) is 8.58. The second-order valence-electron chi connectivity index (χ2n) is 3.10. The average Bonchev–Trinajstić information content (AvgIpc) is 1.79. The molecule has 0 aliphatic rings. The number of rotatable bonds is 4. The van der Waals surface area contributed by atoms with Crippen molar-refractivity contribution in [2.75, 3.05) is 0 Å². The third kappa shape index (κ3) is 3.16. The van der Waals surface area contributed by atoms with Gasteiger partial charge in [0.05, 0.1) is 0 Å². The van der Waals surface area contributed by atoms with Gasteiger partial charge in [0.2, 0.25) is 0 Å². The Balaban J connectivity index is 5.30. The second kappa shape index (κ2) is 4.36. The maximum atomic E-state index is 10.8. The van der Waals surface area contributed by atoms with Crippen LogP contribution in [0.25, 0.3) is 0 Å². The fourth-order valence-corrected chi connectivity index (χ4v) is 9.54. The molecule has 0 aromatic rings. The van der Waals surface area contributed by atoms with E-state index in [2.05, 4.69) is 0 Å². The first kappa shape index (κ1) is 14.8. The summed E-state index contributed by atoms with van der Waals surface area (Å²) in [6, 6.07) is 0. The van der Waals surface area contributed by atoms with Crippen molar-refractivity contribution in [2.24, 2.45) is 0 Å². The molecule has 0 saturated carbocycles. The van der Waals surface area contributed by atoms with Crippen LogP contribution >= 0.6 is 15.2 Å². The molecule has 5 N–H and O–H groups in total. The first-order valence-electron chi connectivity index (χ1n) is 3.40. The van der Waals surface area contributed by atoms with Crippen molar-refractivity contribution in [1.29, 1.82) is 0 Å². The van der Waals surface area contributed by atoms with Gasteiger partial charge in [0.25, 0.3) is 0 Å². The van der Waals surface area contributed by atoms with Crippen LogP contribution in [0.5, 0.6) is 0 Å². The van der Waals surface area contributed by atoms with Gasteiger partial charge in [-0.25, -0.2) is 0 Å². The zero-order valence-corrected chi connectivity index (χ0v) is 11.3. The third-order valence-electron chi connectivity index (χ3n) is 1.46. The molecule has 0 aromatic heterocycles. The molecule has 14 heavy (non-hydrogen) atoms. The average molecular weight is 310 g/mol. The fourth-order valence-electron chi connectivity index (χ4n) is 0.778. The van der Waals surface area contributed by atoms with Crippen LogP contribution in [-0.4, -0.2) is 44.4 Å². The van der Waals surface area contributed by atoms with Crippen molar-refractivity contribution in [3.8, 4) is 0 Å². The van der Waals surface area contributed by atoms with E-state index in [0.717, 1.165) is 0 Å². The topological polar surface area (TPSA) is 135 Å². The number of hydrogen-bond acceptors (Lipinski definition) is 3. The minimum atomic E-state index is -5.23. The van der Waals surface area contributed by atoms with Crippen LogP contribution in [0.1, 0.15) is 0 Å². The standard InChI is InChI=1S/C4H13AsO7P2/c1-5(2)3-4(6,13(7,8)9)14(10,11)12/h6H,3H2,1-2H3,(H2,7,8,9)(H2,10,11,12). The molecule has 0 unspecified atom stereocenters. The molecule has 0 rings (SSSR count). The first-order valence-corrected chi connectivity index (χ1v) is 11.7. The summed E-state index contributed by atoms with van der Waals surface area (Å²) >= 11 is -1.79. The second-order valence-corrected chi connectivity index (χ2v) is 12.3. The van der Waals surface area contributed by atoms with Crippen molar-refractivity contribution in [2.45, 2.75) is 21.7 Å². The van der Waals surface area contributed by atoms with Crippen molar-refractivity contribution < 1.29 is 33.8 Å². The van der Waals surface area contributed by atoms with Crippen molar-refractivity contribution in [3.63, 3.8) is 0 Å². The van der Waals surface area contributed by atoms with E-state index in [-0.39, 0.29) is 0 Å². The summed E-state index contributed by atoms with van der Waals surface area (Å²) in [5.74, 6) is 0. The molecule has 0 amide bonds. The molecular formula is C4H13AsO7P2. The van der Waals surface area contributed by atoms with Crippen molar-refractivity contribution in [1.82, 2.24) is 0 Å². The summed E-state index contributed by atoms with van der Waals surface area (Å²) < 4.78 is 21.6.